The van der Waals surface area contributed by atoms with Crippen molar-refractivity contribution in [1.29, 1.82) is 0 Å². The summed E-state index contributed by atoms with van der Waals surface area (Å²) in [6.07, 6.45) is 3.19. The normalized spacial score (nSPS) is 13.8. The number of hydrogen-bond acceptors (Lipinski definition) is 5. The molecule has 8 heteroatoms. The van der Waals surface area contributed by atoms with Gasteiger partial charge in [-0.15, -0.1) is 0 Å². The van der Waals surface area contributed by atoms with Crippen molar-refractivity contribution in [2.45, 2.75) is 26.0 Å². The second-order valence-electron chi connectivity index (χ2n) is 4.74. The van der Waals surface area contributed by atoms with Gasteiger partial charge in [0.05, 0.1) is 16.7 Å². The third-order valence-corrected chi connectivity index (χ3v) is 3.66. The first-order valence-electron chi connectivity index (χ1n) is 6.15. The van der Waals surface area contributed by atoms with E-state index in [1.54, 1.807) is 13.8 Å². The monoisotopic (exact) mass is 301 g/mol. The van der Waals surface area contributed by atoms with E-state index >= 15 is 0 Å². The molecule has 1 aromatic heterocycles. The lowest BCUT2D eigenvalue weighted by Gasteiger charge is -2.22. The lowest BCUT2D eigenvalue weighted by molar-refractivity contribution is -0.384. The second kappa shape index (κ2) is 6.76. The second-order valence-corrected chi connectivity index (χ2v) is 5.61. The Morgan fingerprint density at radius 1 is 1.65 bits per heavy atom. The van der Waals surface area contributed by atoms with Gasteiger partial charge >= 0.3 is 0 Å². The molecular weight excluding hydrogens is 282 g/mol. The molecule has 1 unspecified atom stereocenters. The summed E-state index contributed by atoms with van der Waals surface area (Å²) in [7, 11) is 0. The van der Waals surface area contributed by atoms with Crippen LogP contribution >= 0.6 is 11.8 Å². The molecule has 1 rings (SSSR count). The Balaban J connectivity index is 2.79. The molecule has 0 saturated carbocycles. The number of aryl methyl sites for hydroxylation is 1. The number of carbonyl (C=O) groups excluding carboxylic acids is 1. The summed E-state index contributed by atoms with van der Waals surface area (Å²) in [6, 6.07) is 1.24. The van der Waals surface area contributed by atoms with Crippen molar-refractivity contribution in [1.82, 2.24) is 9.88 Å². The van der Waals surface area contributed by atoms with Gasteiger partial charge in [0.2, 0.25) is 0 Å². The fourth-order valence-electron chi connectivity index (χ4n) is 1.77. The molecule has 0 radical (unpaired) electrons. The minimum atomic E-state index is -1.01. The Labute approximate surface area is 121 Å². The van der Waals surface area contributed by atoms with E-state index in [-0.39, 0.29) is 17.9 Å². The zero-order valence-electron chi connectivity index (χ0n) is 11.8. The minimum absolute atomic E-state index is 0.0926. The third-order valence-electron chi connectivity index (χ3n) is 2.75. The van der Waals surface area contributed by atoms with E-state index in [9.17, 15) is 20.0 Å². The quantitative estimate of drug-likeness (QED) is 0.583. The molecule has 0 aliphatic carbocycles. The number of nitrogens with zero attached hydrogens (tertiary/aromatic N) is 2. The average molecular weight is 301 g/mol. The van der Waals surface area contributed by atoms with Gasteiger partial charge in [-0.3, -0.25) is 14.9 Å². The largest absolute Gasteiger partial charge is 0.387 e. The van der Waals surface area contributed by atoms with Crippen molar-refractivity contribution in [3.05, 3.63) is 28.1 Å². The van der Waals surface area contributed by atoms with Gasteiger partial charge in [-0.25, -0.2) is 0 Å². The van der Waals surface area contributed by atoms with Crippen molar-refractivity contribution in [3.8, 4) is 0 Å². The summed E-state index contributed by atoms with van der Waals surface area (Å²) in [5.74, 6) is 0.0590. The summed E-state index contributed by atoms with van der Waals surface area (Å²) in [4.78, 5) is 22.2. The molecule has 0 aromatic carbocycles. The summed E-state index contributed by atoms with van der Waals surface area (Å²) in [6.45, 7) is 3.97. The number of thioether (sulfide) groups is 1. The van der Waals surface area contributed by atoms with Crippen LogP contribution < -0.4 is 5.32 Å². The van der Waals surface area contributed by atoms with Crippen LogP contribution in [0.3, 0.4) is 0 Å². The van der Waals surface area contributed by atoms with Crippen LogP contribution in [0.1, 0.15) is 24.3 Å². The van der Waals surface area contributed by atoms with Crippen molar-refractivity contribution in [3.63, 3.8) is 0 Å². The Kier molecular flexibility index (Phi) is 5.58. The van der Waals surface area contributed by atoms with E-state index in [1.807, 2.05) is 6.26 Å². The van der Waals surface area contributed by atoms with Crippen LogP contribution in [0.5, 0.6) is 0 Å². The smallest absolute Gasteiger partial charge is 0.287 e. The first kappa shape index (κ1) is 16.5. The number of nitrogens with one attached hydrogen (secondary N) is 1. The molecule has 0 saturated heterocycles. The van der Waals surface area contributed by atoms with Gasteiger partial charge in [-0.2, -0.15) is 11.8 Å². The molecule has 2 N–H and O–H groups in total. The van der Waals surface area contributed by atoms with Gasteiger partial charge in [0.25, 0.3) is 11.6 Å². The zero-order valence-corrected chi connectivity index (χ0v) is 12.6. The molecule has 112 valence electrons. The maximum absolute atomic E-state index is 12.0. The molecule has 0 bridgehead atoms. The Morgan fingerprint density at radius 2 is 2.30 bits per heavy atom. The minimum Gasteiger partial charge on any atom is -0.387 e. The van der Waals surface area contributed by atoms with E-state index in [1.165, 1.54) is 28.6 Å². The SMILES string of the molecule is CCn1cc([N+](=O)[O-])cc1C(=O)NCC(C)(O)CSC. The van der Waals surface area contributed by atoms with Gasteiger partial charge in [0, 0.05) is 24.9 Å². The number of aromatic nitrogens is 1. The standard InChI is InChI=1S/C12H19N3O4S/c1-4-14-6-9(15(18)19)5-10(14)11(16)13-7-12(2,17)8-20-3/h5-6,17H,4,7-8H2,1-3H3,(H,13,16). The topological polar surface area (TPSA) is 97.4 Å². The molecule has 1 heterocycles. The molecular formula is C12H19N3O4S. The summed E-state index contributed by atoms with van der Waals surface area (Å²) >= 11 is 1.48. The van der Waals surface area contributed by atoms with Gasteiger partial charge in [0.1, 0.15) is 5.69 Å². The predicted octanol–water partition coefficient (Wildman–Crippen LogP) is 1.26. The highest BCUT2D eigenvalue weighted by Gasteiger charge is 2.23. The molecule has 7 nitrogen and oxygen atoms in total. The number of carbonyl (C=O) groups is 1. The van der Waals surface area contributed by atoms with Crippen LogP contribution in [-0.4, -0.2) is 44.7 Å². The third kappa shape index (κ3) is 4.24. The average Bonchev–Trinajstić information content (AvgIpc) is 2.80. The van der Waals surface area contributed by atoms with Crippen LogP contribution in [0, 0.1) is 10.1 Å². The highest BCUT2D eigenvalue weighted by molar-refractivity contribution is 7.98. The van der Waals surface area contributed by atoms with Gasteiger partial charge < -0.3 is 15.0 Å². The molecule has 1 atom stereocenters. The van der Waals surface area contributed by atoms with E-state index in [2.05, 4.69) is 5.32 Å². The lowest BCUT2D eigenvalue weighted by Crippen LogP contribution is -2.42. The number of rotatable bonds is 7. The fraction of sp³-hybridized carbons (Fsp3) is 0.583. The maximum atomic E-state index is 12.0. The highest BCUT2D eigenvalue weighted by atomic mass is 32.2. The van der Waals surface area contributed by atoms with Crippen molar-refractivity contribution >= 4 is 23.4 Å². The van der Waals surface area contributed by atoms with E-state index < -0.39 is 16.4 Å². The zero-order chi connectivity index (χ0) is 15.3. The summed E-state index contributed by atoms with van der Waals surface area (Å²) in [5.41, 5.74) is -0.906. The predicted molar refractivity (Wildman–Crippen MR) is 78.1 cm³/mol. The van der Waals surface area contributed by atoms with E-state index in [0.717, 1.165) is 0 Å². The van der Waals surface area contributed by atoms with Gasteiger partial charge in [-0.05, 0) is 20.1 Å². The Hall–Kier alpha value is -1.54. The van der Waals surface area contributed by atoms with Crippen LogP contribution in [-0.2, 0) is 6.54 Å². The van der Waals surface area contributed by atoms with Crippen LogP contribution in [0.25, 0.3) is 0 Å². The Morgan fingerprint density at radius 3 is 2.80 bits per heavy atom. The first-order chi connectivity index (χ1) is 9.30. The summed E-state index contributed by atoms with van der Waals surface area (Å²) < 4.78 is 1.51. The molecule has 0 spiro atoms. The van der Waals surface area contributed by atoms with Crippen molar-refractivity contribution in [2.24, 2.45) is 0 Å². The van der Waals surface area contributed by atoms with Crippen molar-refractivity contribution in [2.75, 3.05) is 18.6 Å². The van der Waals surface area contributed by atoms with Crippen molar-refractivity contribution < 1.29 is 14.8 Å². The number of amides is 1. The van der Waals surface area contributed by atoms with Crippen LogP contribution in [0.15, 0.2) is 12.3 Å². The van der Waals surface area contributed by atoms with Crippen LogP contribution in [0.4, 0.5) is 5.69 Å². The number of hydrogen-bond donors (Lipinski definition) is 2. The molecule has 1 amide bonds. The molecule has 0 fully saturated rings. The van der Waals surface area contributed by atoms with E-state index in [0.29, 0.717) is 12.3 Å². The number of nitro groups is 1. The maximum Gasteiger partial charge on any atom is 0.287 e. The molecule has 1 aromatic rings. The van der Waals surface area contributed by atoms with Gasteiger partial charge in [0.15, 0.2) is 0 Å². The molecule has 20 heavy (non-hydrogen) atoms. The Bertz CT molecular complexity index is 499. The van der Waals surface area contributed by atoms with Gasteiger partial charge in [-0.1, -0.05) is 0 Å². The highest BCUT2D eigenvalue weighted by Crippen LogP contribution is 2.17. The first-order valence-corrected chi connectivity index (χ1v) is 7.54. The summed E-state index contributed by atoms with van der Waals surface area (Å²) in [5, 5.41) is 23.3. The lowest BCUT2D eigenvalue weighted by atomic mass is 10.1. The molecule has 0 aliphatic rings. The fourth-order valence-corrected chi connectivity index (χ4v) is 2.49. The van der Waals surface area contributed by atoms with Crippen LogP contribution in [0.2, 0.25) is 0 Å². The molecule has 0 aliphatic heterocycles. The van der Waals surface area contributed by atoms with E-state index in [4.69, 9.17) is 0 Å². The number of aliphatic hydroxyl groups is 1.